The van der Waals surface area contributed by atoms with Crippen molar-refractivity contribution in [2.24, 2.45) is 0 Å². The number of hydrogen-bond acceptors (Lipinski definition) is 7. The molecule has 186 valence electrons. The lowest BCUT2D eigenvalue weighted by Crippen LogP contribution is -2.15. The van der Waals surface area contributed by atoms with Crippen LogP contribution in [0.4, 0.5) is 17.5 Å². The van der Waals surface area contributed by atoms with Crippen LogP contribution in [0.3, 0.4) is 0 Å². The Labute approximate surface area is 214 Å². The van der Waals surface area contributed by atoms with Crippen molar-refractivity contribution in [3.05, 3.63) is 88.9 Å². The van der Waals surface area contributed by atoms with E-state index in [1.54, 1.807) is 23.9 Å². The van der Waals surface area contributed by atoms with Crippen LogP contribution in [0.2, 0.25) is 0 Å². The highest BCUT2D eigenvalue weighted by atomic mass is 16.5. The molecule has 0 saturated heterocycles. The first-order chi connectivity index (χ1) is 17.8. The molecule has 2 aromatic carbocycles. The van der Waals surface area contributed by atoms with Gasteiger partial charge in [-0.1, -0.05) is 12.1 Å². The number of amides is 1. The van der Waals surface area contributed by atoms with Gasteiger partial charge in [0.05, 0.1) is 12.8 Å². The van der Waals surface area contributed by atoms with Gasteiger partial charge in [-0.05, 0) is 75.7 Å². The molecule has 0 aliphatic rings. The number of carbonyl (C=O) groups is 1. The molecule has 2 N–H and O–H groups in total. The molecule has 0 unspecified atom stereocenters. The topological polar surface area (TPSA) is 107 Å². The zero-order valence-corrected chi connectivity index (χ0v) is 21.3. The molecule has 3 heterocycles. The number of carbonyl (C=O) groups excluding carboxylic acids is 1. The number of aromatic nitrogens is 5. The quantitative estimate of drug-likeness (QED) is 0.324. The zero-order valence-electron chi connectivity index (χ0n) is 21.3. The van der Waals surface area contributed by atoms with E-state index in [-0.39, 0.29) is 5.91 Å². The van der Waals surface area contributed by atoms with Crippen molar-refractivity contribution in [2.45, 2.75) is 27.7 Å². The average molecular weight is 494 g/mol. The Hall–Kier alpha value is -4.79. The molecule has 0 saturated carbocycles. The van der Waals surface area contributed by atoms with Gasteiger partial charge in [0, 0.05) is 34.1 Å². The van der Waals surface area contributed by atoms with Crippen LogP contribution in [0, 0.1) is 27.7 Å². The molecule has 0 fully saturated rings. The van der Waals surface area contributed by atoms with E-state index in [0.29, 0.717) is 28.9 Å². The first-order valence-electron chi connectivity index (χ1n) is 11.8. The number of hydrogen-bond donors (Lipinski definition) is 2. The maximum Gasteiger partial charge on any atom is 0.256 e. The SMILES string of the molecule is COc1cccc2c(C)cc(-n3nc(C)cc3NC(=O)c3ccc(Nc4nc(C)cc(C)n4)cc3)nc12. The van der Waals surface area contributed by atoms with Crippen LogP contribution in [0.15, 0.2) is 60.7 Å². The van der Waals surface area contributed by atoms with Crippen LogP contribution in [0.5, 0.6) is 5.75 Å². The number of benzene rings is 2. The minimum atomic E-state index is -0.259. The van der Waals surface area contributed by atoms with E-state index in [1.807, 2.05) is 76.2 Å². The lowest BCUT2D eigenvalue weighted by molar-refractivity contribution is 0.102. The van der Waals surface area contributed by atoms with Crippen molar-refractivity contribution in [3.8, 4) is 11.6 Å². The first-order valence-corrected chi connectivity index (χ1v) is 11.8. The monoisotopic (exact) mass is 493 g/mol. The summed E-state index contributed by atoms with van der Waals surface area (Å²) >= 11 is 0. The minimum absolute atomic E-state index is 0.259. The molecular formula is C28H27N7O2. The number of aryl methyl sites for hydroxylation is 4. The first kappa shape index (κ1) is 23.9. The van der Waals surface area contributed by atoms with E-state index in [2.05, 4.69) is 25.7 Å². The number of para-hydroxylation sites is 1. The number of methoxy groups -OCH3 is 1. The van der Waals surface area contributed by atoms with Gasteiger partial charge in [-0.15, -0.1) is 0 Å². The van der Waals surface area contributed by atoms with Gasteiger partial charge >= 0.3 is 0 Å². The number of pyridine rings is 1. The molecule has 0 bridgehead atoms. The summed E-state index contributed by atoms with van der Waals surface area (Å²) in [5, 5.41) is 11.7. The lowest BCUT2D eigenvalue weighted by Gasteiger charge is -2.12. The number of nitrogens with zero attached hydrogens (tertiary/aromatic N) is 5. The molecule has 5 rings (SSSR count). The summed E-state index contributed by atoms with van der Waals surface area (Å²) in [5.41, 5.74) is 5.57. The fourth-order valence-corrected chi connectivity index (χ4v) is 4.21. The number of fused-ring (bicyclic) bond motifs is 1. The van der Waals surface area contributed by atoms with Gasteiger partial charge in [-0.25, -0.2) is 15.0 Å². The summed E-state index contributed by atoms with van der Waals surface area (Å²) in [6.45, 7) is 7.73. The molecule has 5 aromatic rings. The van der Waals surface area contributed by atoms with Crippen LogP contribution < -0.4 is 15.4 Å². The van der Waals surface area contributed by atoms with E-state index in [9.17, 15) is 4.79 Å². The van der Waals surface area contributed by atoms with Crippen LogP contribution in [0.1, 0.15) is 33.0 Å². The number of ether oxygens (including phenoxy) is 1. The third kappa shape index (κ3) is 4.97. The smallest absolute Gasteiger partial charge is 0.256 e. The largest absolute Gasteiger partial charge is 0.494 e. The van der Waals surface area contributed by atoms with Crippen LogP contribution in [-0.2, 0) is 0 Å². The Morgan fingerprint density at radius 2 is 1.59 bits per heavy atom. The highest BCUT2D eigenvalue weighted by Gasteiger charge is 2.16. The van der Waals surface area contributed by atoms with Crippen molar-refractivity contribution >= 4 is 34.3 Å². The molecule has 0 aliphatic carbocycles. The second-order valence-corrected chi connectivity index (χ2v) is 8.87. The second-order valence-electron chi connectivity index (χ2n) is 8.87. The highest BCUT2D eigenvalue weighted by molar-refractivity contribution is 6.04. The molecule has 37 heavy (non-hydrogen) atoms. The fourth-order valence-electron chi connectivity index (χ4n) is 4.21. The van der Waals surface area contributed by atoms with Crippen LogP contribution >= 0.6 is 0 Å². The summed E-state index contributed by atoms with van der Waals surface area (Å²) in [7, 11) is 1.62. The third-order valence-corrected chi connectivity index (χ3v) is 5.89. The maximum absolute atomic E-state index is 13.1. The van der Waals surface area contributed by atoms with E-state index >= 15 is 0 Å². The Balaban J connectivity index is 1.40. The van der Waals surface area contributed by atoms with Crippen molar-refractivity contribution in [2.75, 3.05) is 17.7 Å². The Morgan fingerprint density at radius 3 is 2.30 bits per heavy atom. The predicted octanol–water partition coefficient (Wildman–Crippen LogP) is 5.45. The van der Waals surface area contributed by atoms with Gasteiger partial charge in [-0.2, -0.15) is 9.78 Å². The molecule has 0 radical (unpaired) electrons. The van der Waals surface area contributed by atoms with Gasteiger partial charge in [0.2, 0.25) is 5.95 Å². The number of anilines is 3. The Morgan fingerprint density at radius 1 is 0.865 bits per heavy atom. The molecule has 3 aromatic heterocycles. The molecule has 1 amide bonds. The molecule has 0 spiro atoms. The second kappa shape index (κ2) is 9.69. The van der Waals surface area contributed by atoms with E-state index < -0.39 is 0 Å². The molecule has 9 heteroatoms. The van der Waals surface area contributed by atoms with Crippen molar-refractivity contribution < 1.29 is 9.53 Å². The van der Waals surface area contributed by atoms with E-state index in [4.69, 9.17) is 9.72 Å². The lowest BCUT2D eigenvalue weighted by atomic mass is 10.1. The summed E-state index contributed by atoms with van der Waals surface area (Å²) in [5.74, 6) is 2.05. The standard InChI is InChI=1S/C28H27N7O2/c1-16-13-24(32-26-22(16)7-6-8-23(26)37-5)35-25(15-19(4)34-35)33-27(36)20-9-11-21(12-10-20)31-28-29-17(2)14-18(3)30-28/h6-15H,1-5H3,(H,33,36)(H,29,30,31). The molecule has 0 aliphatic heterocycles. The highest BCUT2D eigenvalue weighted by Crippen LogP contribution is 2.28. The molecule has 0 atom stereocenters. The van der Waals surface area contributed by atoms with E-state index in [1.165, 1.54) is 0 Å². The fraction of sp³-hybridized carbons (Fsp3) is 0.179. The number of rotatable bonds is 6. The van der Waals surface area contributed by atoms with E-state index in [0.717, 1.165) is 39.2 Å². The minimum Gasteiger partial charge on any atom is -0.494 e. The van der Waals surface area contributed by atoms with Gasteiger partial charge < -0.3 is 15.4 Å². The zero-order chi connectivity index (χ0) is 26.1. The Kier molecular flexibility index (Phi) is 6.27. The van der Waals surface area contributed by atoms with Gasteiger partial charge in [0.25, 0.3) is 5.91 Å². The average Bonchev–Trinajstić information content (AvgIpc) is 3.23. The van der Waals surface area contributed by atoms with Gasteiger partial charge in [0.15, 0.2) is 5.82 Å². The third-order valence-electron chi connectivity index (χ3n) is 5.89. The van der Waals surface area contributed by atoms with Crippen LogP contribution in [0.25, 0.3) is 16.7 Å². The van der Waals surface area contributed by atoms with Crippen molar-refractivity contribution in [1.29, 1.82) is 0 Å². The molecule has 9 nitrogen and oxygen atoms in total. The maximum atomic E-state index is 13.1. The predicted molar refractivity (Wildman–Crippen MR) is 144 cm³/mol. The summed E-state index contributed by atoms with van der Waals surface area (Å²) in [6.07, 6.45) is 0. The summed E-state index contributed by atoms with van der Waals surface area (Å²) in [4.78, 5) is 26.7. The van der Waals surface area contributed by atoms with Gasteiger partial charge in [0.1, 0.15) is 17.1 Å². The summed E-state index contributed by atoms with van der Waals surface area (Å²) in [6, 6.07) is 18.6. The van der Waals surface area contributed by atoms with Crippen molar-refractivity contribution in [1.82, 2.24) is 24.7 Å². The van der Waals surface area contributed by atoms with Crippen LogP contribution in [-0.4, -0.2) is 37.7 Å². The normalized spacial score (nSPS) is 10.9. The summed E-state index contributed by atoms with van der Waals surface area (Å²) < 4.78 is 7.15. The Bertz CT molecular complexity index is 1600. The molecular weight excluding hydrogens is 466 g/mol. The number of nitrogens with one attached hydrogen (secondary N) is 2. The van der Waals surface area contributed by atoms with Gasteiger partial charge in [-0.3, -0.25) is 4.79 Å². The van der Waals surface area contributed by atoms with Crippen molar-refractivity contribution in [3.63, 3.8) is 0 Å².